The van der Waals surface area contributed by atoms with Gasteiger partial charge in [-0.3, -0.25) is 4.98 Å². The van der Waals surface area contributed by atoms with Crippen LogP contribution in [0.5, 0.6) is 0 Å². The minimum atomic E-state index is 0.315. The van der Waals surface area contributed by atoms with Gasteiger partial charge in [0.1, 0.15) is 0 Å². The summed E-state index contributed by atoms with van der Waals surface area (Å²) in [5.41, 5.74) is 2.75. The topological polar surface area (TPSA) is 12.9 Å². The summed E-state index contributed by atoms with van der Waals surface area (Å²) in [6.45, 7) is 11.3. The third-order valence-electron chi connectivity index (χ3n) is 3.05. The normalized spacial score (nSPS) is 15.1. The summed E-state index contributed by atoms with van der Waals surface area (Å²) in [6, 6.07) is 6.01. The molecule has 0 aromatic carbocycles. The van der Waals surface area contributed by atoms with Crippen LogP contribution in [0.4, 0.5) is 0 Å². The molecule has 0 saturated carbocycles. The van der Waals surface area contributed by atoms with E-state index in [9.17, 15) is 0 Å². The molecule has 0 aliphatic rings. The fourth-order valence-electron chi connectivity index (χ4n) is 1.50. The van der Waals surface area contributed by atoms with Crippen molar-refractivity contribution in [1.82, 2.24) is 4.98 Å². The molecule has 1 rings (SSSR count). The van der Waals surface area contributed by atoms with Crippen molar-refractivity contribution < 1.29 is 0 Å². The lowest BCUT2D eigenvalue weighted by Gasteiger charge is -2.28. The zero-order chi connectivity index (χ0) is 11.5. The molecule has 0 bridgehead atoms. The van der Waals surface area contributed by atoms with Crippen molar-refractivity contribution in [2.24, 2.45) is 11.3 Å². The van der Waals surface area contributed by atoms with Crippen molar-refractivity contribution >= 4 is 6.08 Å². The summed E-state index contributed by atoms with van der Waals surface area (Å²) in [5.74, 6) is 0.569. The van der Waals surface area contributed by atoms with Gasteiger partial charge in [0.2, 0.25) is 0 Å². The third kappa shape index (κ3) is 3.50. The second-order valence-electron chi connectivity index (χ2n) is 5.23. The van der Waals surface area contributed by atoms with Crippen LogP contribution in [0.15, 0.2) is 30.0 Å². The molecule has 0 spiro atoms. The molecule has 0 radical (unpaired) electrons. The Kier molecular flexibility index (Phi) is 3.67. The van der Waals surface area contributed by atoms with Gasteiger partial charge >= 0.3 is 0 Å². The first kappa shape index (κ1) is 12.0. The van der Waals surface area contributed by atoms with Crippen molar-refractivity contribution in [2.75, 3.05) is 0 Å². The van der Waals surface area contributed by atoms with Gasteiger partial charge < -0.3 is 0 Å². The molecule has 1 aromatic rings. The van der Waals surface area contributed by atoms with Gasteiger partial charge in [0.25, 0.3) is 0 Å². The number of aromatic nitrogens is 1. The highest BCUT2D eigenvalue weighted by Gasteiger charge is 2.21. The zero-order valence-corrected chi connectivity index (χ0v) is 10.4. The summed E-state index contributed by atoms with van der Waals surface area (Å²) in [6.07, 6.45) is 4.01. The van der Waals surface area contributed by atoms with Gasteiger partial charge in [-0.25, -0.2) is 0 Å². The number of allylic oxidation sites excluding steroid dienone is 1. The Morgan fingerprint density at radius 1 is 1.33 bits per heavy atom. The second-order valence-corrected chi connectivity index (χ2v) is 5.23. The highest BCUT2D eigenvalue weighted by Crippen LogP contribution is 2.31. The van der Waals surface area contributed by atoms with Crippen LogP contribution >= 0.6 is 0 Å². The van der Waals surface area contributed by atoms with Gasteiger partial charge in [0, 0.05) is 6.20 Å². The molecule has 1 atom stereocenters. The van der Waals surface area contributed by atoms with Crippen LogP contribution in [0.1, 0.15) is 40.3 Å². The predicted molar refractivity (Wildman–Crippen MR) is 66.5 cm³/mol. The Morgan fingerprint density at radius 2 is 2.00 bits per heavy atom. The van der Waals surface area contributed by atoms with Gasteiger partial charge in [0.15, 0.2) is 0 Å². The Balaban J connectivity index is 2.86. The molecule has 0 amide bonds. The van der Waals surface area contributed by atoms with E-state index >= 15 is 0 Å². The molecule has 0 fully saturated rings. The first-order valence-electron chi connectivity index (χ1n) is 5.50. The molecular weight excluding hydrogens is 182 g/mol. The highest BCUT2D eigenvalue weighted by atomic mass is 14.6. The number of pyridine rings is 1. The van der Waals surface area contributed by atoms with Crippen molar-refractivity contribution in [3.8, 4) is 0 Å². The summed E-state index contributed by atoms with van der Waals surface area (Å²) in [5, 5.41) is 0. The molecule has 0 aliphatic heterocycles. The SMILES string of the molecule is C/C(=C\c1ccccn1)C(C)C(C)(C)C. The van der Waals surface area contributed by atoms with Crippen molar-refractivity contribution in [3.05, 3.63) is 35.7 Å². The van der Waals surface area contributed by atoms with E-state index in [4.69, 9.17) is 0 Å². The molecule has 82 valence electrons. The lowest BCUT2D eigenvalue weighted by Crippen LogP contribution is -2.18. The van der Waals surface area contributed by atoms with Crippen LogP contribution in [-0.2, 0) is 0 Å². The molecule has 15 heavy (non-hydrogen) atoms. The maximum atomic E-state index is 4.31. The van der Waals surface area contributed by atoms with E-state index in [1.54, 1.807) is 0 Å². The lowest BCUT2D eigenvalue weighted by atomic mass is 9.78. The quantitative estimate of drug-likeness (QED) is 0.703. The standard InChI is InChI=1S/C14H21N/c1-11(12(2)14(3,4)5)10-13-8-6-7-9-15-13/h6-10,12H,1-5H3/b11-10+. The Bertz CT molecular complexity index is 330. The highest BCUT2D eigenvalue weighted by molar-refractivity contribution is 5.48. The van der Waals surface area contributed by atoms with E-state index in [0.717, 1.165) is 5.69 Å². The Hall–Kier alpha value is -1.11. The molecule has 0 aliphatic carbocycles. The smallest absolute Gasteiger partial charge is 0.0629 e. The van der Waals surface area contributed by atoms with Crippen LogP contribution < -0.4 is 0 Å². The molecule has 0 N–H and O–H groups in total. The molecule has 1 aromatic heterocycles. The average molecular weight is 203 g/mol. The summed E-state index contributed by atoms with van der Waals surface area (Å²) in [7, 11) is 0. The molecule has 1 heterocycles. The first-order chi connectivity index (χ1) is 6.91. The molecule has 1 heteroatoms. The van der Waals surface area contributed by atoms with Gasteiger partial charge in [-0.1, -0.05) is 39.3 Å². The summed E-state index contributed by atoms with van der Waals surface area (Å²) < 4.78 is 0. The molecule has 1 unspecified atom stereocenters. The van der Waals surface area contributed by atoms with Crippen LogP contribution in [-0.4, -0.2) is 4.98 Å². The van der Waals surface area contributed by atoms with Crippen molar-refractivity contribution in [1.29, 1.82) is 0 Å². The maximum absolute atomic E-state index is 4.31. The lowest BCUT2D eigenvalue weighted by molar-refractivity contribution is 0.302. The van der Waals surface area contributed by atoms with Crippen LogP contribution in [0, 0.1) is 11.3 Å². The average Bonchev–Trinajstić information content (AvgIpc) is 2.16. The second kappa shape index (κ2) is 4.61. The van der Waals surface area contributed by atoms with Crippen LogP contribution in [0.2, 0.25) is 0 Å². The van der Waals surface area contributed by atoms with Gasteiger partial charge in [-0.2, -0.15) is 0 Å². The number of rotatable bonds is 2. The predicted octanol–water partition coefficient (Wildman–Crippen LogP) is 4.17. The minimum Gasteiger partial charge on any atom is -0.257 e. The van der Waals surface area contributed by atoms with Gasteiger partial charge in [-0.05, 0) is 36.5 Å². The van der Waals surface area contributed by atoms with Gasteiger partial charge in [-0.15, -0.1) is 0 Å². The summed E-state index contributed by atoms with van der Waals surface area (Å²) in [4.78, 5) is 4.31. The largest absolute Gasteiger partial charge is 0.257 e. The Morgan fingerprint density at radius 3 is 2.47 bits per heavy atom. The van der Waals surface area contributed by atoms with Crippen LogP contribution in [0.25, 0.3) is 6.08 Å². The van der Waals surface area contributed by atoms with Gasteiger partial charge in [0.05, 0.1) is 5.69 Å². The van der Waals surface area contributed by atoms with E-state index in [-0.39, 0.29) is 0 Å². The molecule has 0 saturated heterocycles. The fourth-order valence-corrected chi connectivity index (χ4v) is 1.50. The maximum Gasteiger partial charge on any atom is 0.0629 e. The van der Waals surface area contributed by atoms with E-state index in [1.807, 2.05) is 24.4 Å². The van der Waals surface area contributed by atoms with Crippen molar-refractivity contribution in [3.63, 3.8) is 0 Å². The van der Waals surface area contributed by atoms with E-state index in [1.165, 1.54) is 5.57 Å². The monoisotopic (exact) mass is 203 g/mol. The Labute approximate surface area is 93.2 Å². The van der Waals surface area contributed by atoms with E-state index < -0.39 is 0 Å². The van der Waals surface area contributed by atoms with Crippen molar-refractivity contribution in [2.45, 2.75) is 34.6 Å². The van der Waals surface area contributed by atoms with E-state index in [0.29, 0.717) is 11.3 Å². The fraction of sp³-hybridized carbons (Fsp3) is 0.500. The molecule has 1 nitrogen and oxygen atoms in total. The number of hydrogen-bond acceptors (Lipinski definition) is 1. The third-order valence-corrected chi connectivity index (χ3v) is 3.05. The molecular formula is C14H21N. The first-order valence-corrected chi connectivity index (χ1v) is 5.50. The number of hydrogen-bond donors (Lipinski definition) is 0. The summed E-state index contributed by atoms with van der Waals surface area (Å²) >= 11 is 0. The van der Waals surface area contributed by atoms with Crippen LogP contribution in [0.3, 0.4) is 0 Å². The zero-order valence-electron chi connectivity index (χ0n) is 10.4. The number of nitrogens with zero attached hydrogens (tertiary/aromatic N) is 1. The van der Waals surface area contributed by atoms with E-state index in [2.05, 4.69) is 45.7 Å². The minimum absolute atomic E-state index is 0.315.